The Morgan fingerprint density at radius 2 is 1.85 bits per heavy atom. The van der Waals surface area contributed by atoms with Gasteiger partial charge in [0.25, 0.3) is 0 Å². The van der Waals surface area contributed by atoms with E-state index in [1.54, 1.807) is 6.92 Å². The third-order valence-electron chi connectivity index (χ3n) is 3.80. The summed E-state index contributed by atoms with van der Waals surface area (Å²) >= 11 is 0. The quantitative estimate of drug-likeness (QED) is 0.757. The van der Waals surface area contributed by atoms with Gasteiger partial charge in [-0.1, -0.05) is 6.92 Å². The van der Waals surface area contributed by atoms with Gasteiger partial charge in [0.15, 0.2) is 0 Å². The van der Waals surface area contributed by atoms with E-state index in [9.17, 15) is 18.3 Å². The van der Waals surface area contributed by atoms with E-state index in [1.165, 1.54) is 0 Å². The van der Waals surface area contributed by atoms with Crippen LogP contribution in [-0.4, -0.2) is 54.5 Å². The summed E-state index contributed by atoms with van der Waals surface area (Å²) in [5.74, 6) is 0.415. The Morgan fingerprint density at radius 1 is 1.25 bits per heavy atom. The van der Waals surface area contributed by atoms with E-state index in [0.717, 1.165) is 38.9 Å². The van der Waals surface area contributed by atoms with Gasteiger partial charge in [-0.25, -0.2) is 0 Å². The van der Waals surface area contributed by atoms with Crippen molar-refractivity contribution in [1.29, 1.82) is 0 Å². The van der Waals surface area contributed by atoms with Gasteiger partial charge in [0.2, 0.25) is 0 Å². The minimum atomic E-state index is -4.05. The molecule has 2 unspecified atom stereocenters. The van der Waals surface area contributed by atoms with E-state index in [4.69, 9.17) is 0 Å². The number of halogens is 3. The van der Waals surface area contributed by atoms with Crippen molar-refractivity contribution < 1.29 is 18.3 Å². The molecule has 0 spiro atoms. The predicted octanol–water partition coefficient (Wildman–Crippen LogP) is 2.40. The first-order chi connectivity index (χ1) is 9.26. The van der Waals surface area contributed by atoms with Crippen LogP contribution in [0, 0.1) is 5.92 Å². The summed E-state index contributed by atoms with van der Waals surface area (Å²) in [6.45, 7) is 6.33. The van der Waals surface area contributed by atoms with Crippen molar-refractivity contribution in [3.63, 3.8) is 0 Å². The zero-order chi connectivity index (χ0) is 15.2. The van der Waals surface area contributed by atoms with Crippen LogP contribution in [0.25, 0.3) is 0 Å². The maximum absolute atomic E-state index is 12.1. The monoisotopic (exact) mass is 296 g/mol. The second-order valence-corrected chi connectivity index (χ2v) is 6.08. The number of hydrogen-bond donors (Lipinski definition) is 2. The molecule has 1 fully saturated rings. The van der Waals surface area contributed by atoms with E-state index in [1.807, 2.05) is 4.90 Å². The summed E-state index contributed by atoms with van der Waals surface area (Å²) in [6, 6.07) is 0.397. The van der Waals surface area contributed by atoms with Gasteiger partial charge < -0.3 is 15.3 Å². The highest BCUT2D eigenvalue weighted by Crippen LogP contribution is 2.21. The molecule has 0 radical (unpaired) electrons. The molecule has 1 aliphatic rings. The Balaban J connectivity index is 2.13. The first-order valence-electron chi connectivity index (χ1n) is 7.47. The van der Waals surface area contributed by atoms with Gasteiger partial charge in [0.05, 0.1) is 12.5 Å². The molecule has 2 atom stereocenters. The molecule has 1 heterocycles. The van der Waals surface area contributed by atoms with Crippen LogP contribution in [0.5, 0.6) is 0 Å². The van der Waals surface area contributed by atoms with Crippen molar-refractivity contribution >= 4 is 0 Å². The van der Waals surface area contributed by atoms with Gasteiger partial charge >= 0.3 is 6.18 Å². The van der Waals surface area contributed by atoms with Crippen LogP contribution in [-0.2, 0) is 0 Å². The smallest absolute Gasteiger partial charge is 0.390 e. The summed E-state index contributed by atoms with van der Waals surface area (Å²) in [5, 5.41) is 12.8. The Bertz CT molecular complexity index is 264. The number of alkyl halides is 3. The van der Waals surface area contributed by atoms with Gasteiger partial charge in [-0.15, -0.1) is 0 Å². The van der Waals surface area contributed by atoms with Crippen LogP contribution >= 0.6 is 0 Å². The highest BCUT2D eigenvalue weighted by Gasteiger charge is 2.29. The molecule has 0 amide bonds. The number of piperidine rings is 1. The van der Waals surface area contributed by atoms with Crippen molar-refractivity contribution in [3.05, 3.63) is 0 Å². The summed E-state index contributed by atoms with van der Waals surface area (Å²) < 4.78 is 36.4. The van der Waals surface area contributed by atoms with Gasteiger partial charge in [-0.3, -0.25) is 0 Å². The average molecular weight is 296 g/mol. The minimum absolute atomic E-state index is 0.120. The average Bonchev–Trinajstić information content (AvgIpc) is 2.33. The normalized spacial score (nSPS) is 21.9. The van der Waals surface area contributed by atoms with Gasteiger partial charge in [0, 0.05) is 12.6 Å². The lowest BCUT2D eigenvalue weighted by Gasteiger charge is -2.33. The summed E-state index contributed by atoms with van der Waals surface area (Å²) in [5.41, 5.74) is 0. The van der Waals surface area contributed by atoms with Crippen molar-refractivity contribution in [2.75, 3.05) is 26.2 Å². The topological polar surface area (TPSA) is 35.5 Å². The molecule has 0 saturated carbocycles. The Kier molecular flexibility index (Phi) is 7.26. The number of likely N-dealkylation sites (tertiary alicyclic amines) is 1. The zero-order valence-corrected chi connectivity index (χ0v) is 12.4. The SMILES string of the molecule is CC(O)CC(C)CNC1CCN(CCC(F)(F)F)CC1. The molecular weight excluding hydrogens is 269 g/mol. The predicted molar refractivity (Wildman–Crippen MR) is 73.6 cm³/mol. The molecule has 0 aromatic rings. The van der Waals surface area contributed by atoms with E-state index in [0.29, 0.717) is 12.0 Å². The standard InChI is InChI=1S/C14H27F3N2O/c1-11(9-12(2)20)10-18-13-3-6-19(7-4-13)8-5-14(15,16)17/h11-13,18,20H,3-10H2,1-2H3. The molecule has 1 saturated heterocycles. The van der Waals surface area contributed by atoms with Crippen molar-refractivity contribution in [3.8, 4) is 0 Å². The van der Waals surface area contributed by atoms with Gasteiger partial charge in [-0.2, -0.15) is 13.2 Å². The first kappa shape index (κ1) is 17.7. The third-order valence-corrected chi connectivity index (χ3v) is 3.80. The summed E-state index contributed by atoms with van der Waals surface area (Å²) in [4.78, 5) is 1.89. The molecule has 3 nitrogen and oxygen atoms in total. The number of rotatable bonds is 7. The van der Waals surface area contributed by atoms with E-state index >= 15 is 0 Å². The largest absolute Gasteiger partial charge is 0.393 e. The molecule has 120 valence electrons. The molecule has 0 aliphatic carbocycles. The van der Waals surface area contributed by atoms with Gasteiger partial charge in [0.1, 0.15) is 0 Å². The second-order valence-electron chi connectivity index (χ2n) is 6.08. The van der Waals surface area contributed by atoms with E-state index in [-0.39, 0.29) is 12.6 Å². The lowest BCUT2D eigenvalue weighted by Crippen LogP contribution is -2.44. The fourth-order valence-electron chi connectivity index (χ4n) is 2.68. The second kappa shape index (κ2) is 8.20. The molecule has 0 aromatic carbocycles. The number of aliphatic hydroxyl groups excluding tert-OH is 1. The molecule has 1 rings (SSSR count). The van der Waals surface area contributed by atoms with Crippen LogP contribution in [0.1, 0.15) is 39.5 Å². The lowest BCUT2D eigenvalue weighted by atomic mass is 10.0. The fourth-order valence-corrected chi connectivity index (χ4v) is 2.68. The van der Waals surface area contributed by atoms with E-state index < -0.39 is 12.6 Å². The van der Waals surface area contributed by atoms with Crippen molar-refractivity contribution in [2.24, 2.45) is 5.92 Å². The van der Waals surface area contributed by atoms with Gasteiger partial charge in [-0.05, 0) is 51.7 Å². The third kappa shape index (κ3) is 8.07. The number of nitrogens with one attached hydrogen (secondary N) is 1. The fraction of sp³-hybridized carbons (Fsp3) is 1.00. The molecule has 0 aromatic heterocycles. The van der Waals surface area contributed by atoms with Crippen molar-refractivity contribution in [2.45, 2.75) is 57.9 Å². The number of nitrogens with zero attached hydrogens (tertiary/aromatic N) is 1. The highest BCUT2D eigenvalue weighted by molar-refractivity contribution is 4.78. The van der Waals surface area contributed by atoms with Crippen LogP contribution in [0.15, 0.2) is 0 Å². The lowest BCUT2D eigenvalue weighted by molar-refractivity contribution is -0.138. The summed E-state index contributed by atoms with van der Waals surface area (Å²) in [7, 11) is 0. The molecule has 1 aliphatic heterocycles. The van der Waals surface area contributed by atoms with Crippen LogP contribution < -0.4 is 5.32 Å². The first-order valence-corrected chi connectivity index (χ1v) is 7.47. The van der Waals surface area contributed by atoms with Crippen LogP contribution in [0.2, 0.25) is 0 Å². The number of hydrogen-bond acceptors (Lipinski definition) is 3. The Hall–Kier alpha value is -0.330. The maximum atomic E-state index is 12.1. The minimum Gasteiger partial charge on any atom is -0.393 e. The van der Waals surface area contributed by atoms with Crippen LogP contribution in [0.3, 0.4) is 0 Å². The molecule has 0 bridgehead atoms. The van der Waals surface area contributed by atoms with Crippen LogP contribution in [0.4, 0.5) is 13.2 Å². The zero-order valence-electron chi connectivity index (χ0n) is 12.4. The molecule has 6 heteroatoms. The maximum Gasteiger partial charge on any atom is 0.390 e. The Morgan fingerprint density at radius 3 is 2.35 bits per heavy atom. The molecular formula is C14H27F3N2O. The Labute approximate surface area is 119 Å². The van der Waals surface area contributed by atoms with Crippen molar-refractivity contribution in [1.82, 2.24) is 10.2 Å². The highest BCUT2D eigenvalue weighted by atomic mass is 19.4. The molecule has 20 heavy (non-hydrogen) atoms. The summed E-state index contributed by atoms with van der Waals surface area (Å²) in [6.07, 6.45) is -2.46. The van der Waals surface area contributed by atoms with E-state index in [2.05, 4.69) is 12.2 Å². The number of aliphatic hydroxyl groups is 1. The molecule has 2 N–H and O–H groups in total.